The summed E-state index contributed by atoms with van der Waals surface area (Å²) in [5, 5.41) is 0. The summed E-state index contributed by atoms with van der Waals surface area (Å²) in [6.07, 6.45) is 8.58. The van der Waals surface area contributed by atoms with Gasteiger partial charge in [0.2, 0.25) is 0 Å². The minimum absolute atomic E-state index is 0.113. The summed E-state index contributed by atoms with van der Waals surface area (Å²) in [5.74, 6) is 0.963. The lowest BCUT2D eigenvalue weighted by atomic mass is 9.77. The van der Waals surface area contributed by atoms with E-state index in [1.54, 1.807) is 0 Å². The summed E-state index contributed by atoms with van der Waals surface area (Å²) >= 11 is 0. The van der Waals surface area contributed by atoms with Crippen molar-refractivity contribution in [2.24, 2.45) is 0 Å². The first-order chi connectivity index (χ1) is 19.8. The van der Waals surface area contributed by atoms with Crippen molar-refractivity contribution in [2.75, 3.05) is 4.90 Å². The van der Waals surface area contributed by atoms with E-state index in [0.717, 1.165) is 11.4 Å². The average molecular weight is 539 g/mol. The number of rotatable bonds is 6. The van der Waals surface area contributed by atoms with Crippen LogP contribution >= 0.6 is 0 Å². The monoisotopic (exact) mass is 538 g/mol. The Balaban J connectivity index is 1.53. The molecular weight excluding hydrogens is 500 g/mol. The number of hydrogen-bond acceptors (Lipinski definition) is 3. The molecule has 0 saturated carbocycles. The number of nitrogens with zero attached hydrogens (tertiary/aromatic N) is 4. The molecule has 2 atom stereocenters. The fraction of sp³-hybridized carbons (Fsp3) is 0.216. The minimum atomic E-state index is -0.430. The molecule has 1 aromatic heterocycles. The fourth-order valence-corrected chi connectivity index (χ4v) is 6.77. The number of aromatic nitrogens is 2. The second kappa shape index (κ2) is 10.4. The highest BCUT2D eigenvalue weighted by Gasteiger charge is 2.42. The Bertz CT molecular complexity index is 1710. The van der Waals surface area contributed by atoms with Crippen molar-refractivity contribution >= 4 is 5.69 Å². The summed E-state index contributed by atoms with van der Waals surface area (Å²) < 4.78 is 2.25. The van der Waals surface area contributed by atoms with Gasteiger partial charge in [0.05, 0.1) is 11.2 Å². The van der Waals surface area contributed by atoms with E-state index in [1.165, 1.54) is 44.8 Å². The van der Waals surface area contributed by atoms with Crippen LogP contribution in [-0.2, 0) is 5.54 Å². The lowest BCUT2D eigenvalue weighted by Crippen LogP contribution is -2.49. The van der Waals surface area contributed by atoms with E-state index in [-0.39, 0.29) is 6.17 Å². The predicted molar refractivity (Wildman–Crippen MR) is 170 cm³/mol. The third kappa shape index (κ3) is 4.35. The van der Waals surface area contributed by atoms with Crippen LogP contribution in [0.25, 0.3) is 17.1 Å². The van der Waals surface area contributed by atoms with Gasteiger partial charge in [-0.15, -0.1) is 0 Å². The molecule has 0 N–H and O–H groups in total. The Kier molecular flexibility index (Phi) is 6.78. The van der Waals surface area contributed by atoms with E-state index >= 15 is 0 Å². The molecule has 0 aliphatic carbocycles. The molecule has 4 nitrogen and oxygen atoms in total. The summed E-state index contributed by atoms with van der Waals surface area (Å²) in [5.41, 5.74) is 10.6. The first-order valence-corrected chi connectivity index (χ1v) is 14.4. The van der Waals surface area contributed by atoms with Crippen LogP contribution < -0.4 is 4.90 Å². The lowest BCUT2D eigenvalue weighted by molar-refractivity contribution is 0.172. The van der Waals surface area contributed by atoms with Gasteiger partial charge in [-0.1, -0.05) is 78.9 Å². The van der Waals surface area contributed by atoms with Gasteiger partial charge < -0.3 is 9.80 Å². The van der Waals surface area contributed by atoms with Crippen molar-refractivity contribution in [1.29, 1.82) is 0 Å². The summed E-state index contributed by atoms with van der Waals surface area (Å²) in [6, 6.07) is 32.6. The van der Waals surface area contributed by atoms with Gasteiger partial charge in [-0.25, -0.2) is 4.98 Å². The van der Waals surface area contributed by atoms with Gasteiger partial charge in [0.15, 0.2) is 0 Å². The van der Waals surface area contributed by atoms with Crippen molar-refractivity contribution in [3.8, 4) is 17.1 Å². The van der Waals surface area contributed by atoms with E-state index in [4.69, 9.17) is 4.98 Å². The van der Waals surface area contributed by atoms with Crippen molar-refractivity contribution in [3.05, 3.63) is 149 Å². The highest BCUT2D eigenvalue weighted by atomic mass is 15.4. The Morgan fingerprint density at radius 3 is 2.05 bits per heavy atom. The Morgan fingerprint density at radius 2 is 1.32 bits per heavy atom. The second-order valence-corrected chi connectivity index (χ2v) is 11.3. The third-order valence-corrected chi connectivity index (χ3v) is 8.85. The second-order valence-electron chi connectivity index (χ2n) is 11.3. The molecule has 1 aliphatic heterocycles. The Labute approximate surface area is 244 Å². The van der Waals surface area contributed by atoms with Crippen molar-refractivity contribution in [3.63, 3.8) is 0 Å². The number of imidazole rings is 1. The minimum Gasteiger partial charge on any atom is -0.342 e. The van der Waals surface area contributed by atoms with E-state index in [2.05, 4.69) is 166 Å². The number of benzene rings is 4. The van der Waals surface area contributed by atoms with Gasteiger partial charge in [0.1, 0.15) is 12.0 Å². The summed E-state index contributed by atoms with van der Waals surface area (Å²) in [6.45, 7) is 13.5. The zero-order valence-corrected chi connectivity index (χ0v) is 24.8. The van der Waals surface area contributed by atoms with Crippen LogP contribution in [0.3, 0.4) is 0 Å². The summed E-state index contributed by atoms with van der Waals surface area (Å²) in [7, 11) is 0. The molecule has 0 amide bonds. The third-order valence-electron chi connectivity index (χ3n) is 8.85. The molecule has 4 heteroatoms. The molecule has 0 radical (unpaired) electrons. The SMILES string of the molecule is Cc1ccccc1C(C)(c1cccc(-c2nccn2-c2c(C)cccc2C)c1C)N1C=CN(c2ccccc2)[C@@H]1C. The zero-order chi connectivity index (χ0) is 28.7. The fourth-order valence-electron chi connectivity index (χ4n) is 6.77. The standard InChI is InChI=1S/C37H38N4/c1-26-14-10-11-20-33(26)37(6,41-25-24-39(30(41)5)31-17-8-7-9-18-31)34-21-13-19-32(29(34)4)36-38-22-23-40(36)35-27(2)15-12-16-28(35)3/h7-25,30H,1-6H3/t30-,37?/m0/s1. The quantitative estimate of drug-likeness (QED) is 0.216. The topological polar surface area (TPSA) is 24.3 Å². The number of para-hydroxylation sites is 2. The van der Waals surface area contributed by atoms with E-state index < -0.39 is 5.54 Å². The number of hydrogen-bond donors (Lipinski definition) is 0. The molecule has 0 spiro atoms. The molecule has 1 aliphatic rings. The van der Waals surface area contributed by atoms with Gasteiger partial charge >= 0.3 is 0 Å². The van der Waals surface area contributed by atoms with E-state index in [1.807, 2.05) is 6.20 Å². The van der Waals surface area contributed by atoms with Gasteiger partial charge in [-0.3, -0.25) is 4.57 Å². The number of aryl methyl sites for hydroxylation is 3. The van der Waals surface area contributed by atoms with E-state index in [9.17, 15) is 0 Å². The normalized spacial score (nSPS) is 16.3. The Morgan fingerprint density at radius 1 is 0.683 bits per heavy atom. The largest absolute Gasteiger partial charge is 0.342 e. The van der Waals surface area contributed by atoms with Crippen molar-refractivity contribution in [2.45, 2.75) is 53.2 Å². The maximum Gasteiger partial charge on any atom is 0.144 e. The molecular formula is C37H38N4. The highest BCUT2D eigenvalue weighted by molar-refractivity contribution is 5.68. The van der Waals surface area contributed by atoms with Crippen LogP contribution in [0.5, 0.6) is 0 Å². The van der Waals surface area contributed by atoms with Crippen molar-refractivity contribution in [1.82, 2.24) is 14.5 Å². The molecule has 0 bridgehead atoms. The van der Waals surface area contributed by atoms with Crippen molar-refractivity contribution < 1.29 is 0 Å². The van der Waals surface area contributed by atoms with Gasteiger partial charge in [-0.05, 0) is 87.1 Å². The highest BCUT2D eigenvalue weighted by Crippen LogP contribution is 2.45. The van der Waals surface area contributed by atoms with Crippen LogP contribution in [0.2, 0.25) is 0 Å². The molecule has 1 unspecified atom stereocenters. The average Bonchev–Trinajstić information content (AvgIpc) is 3.60. The molecule has 41 heavy (non-hydrogen) atoms. The summed E-state index contributed by atoms with van der Waals surface area (Å²) in [4.78, 5) is 9.77. The van der Waals surface area contributed by atoms with Crippen LogP contribution in [0.1, 0.15) is 47.2 Å². The molecule has 6 rings (SSSR count). The lowest BCUT2D eigenvalue weighted by Gasteiger charge is -2.46. The first-order valence-electron chi connectivity index (χ1n) is 14.4. The molecule has 206 valence electrons. The maximum atomic E-state index is 4.91. The Hall–Kier alpha value is -4.57. The predicted octanol–water partition coefficient (Wildman–Crippen LogP) is 8.68. The van der Waals surface area contributed by atoms with Crippen LogP contribution in [-0.4, -0.2) is 20.6 Å². The molecule has 4 aromatic carbocycles. The molecule has 0 fully saturated rings. The van der Waals surface area contributed by atoms with Gasteiger partial charge in [-0.2, -0.15) is 0 Å². The maximum absolute atomic E-state index is 4.91. The van der Waals surface area contributed by atoms with Gasteiger partial charge in [0.25, 0.3) is 0 Å². The smallest absolute Gasteiger partial charge is 0.144 e. The number of anilines is 1. The van der Waals surface area contributed by atoms with Crippen LogP contribution in [0.4, 0.5) is 5.69 Å². The van der Waals surface area contributed by atoms with Gasteiger partial charge in [0, 0.05) is 36.0 Å². The molecule has 0 saturated heterocycles. The molecule has 2 heterocycles. The first kappa shape index (κ1) is 26.6. The van der Waals surface area contributed by atoms with Crippen LogP contribution in [0.15, 0.2) is 116 Å². The van der Waals surface area contributed by atoms with Crippen LogP contribution in [0, 0.1) is 27.7 Å². The zero-order valence-electron chi connectivity index (χ0n) is 24.8. The van der Waals surface area contributed by atoms with E-state index in [0.29, 0.717) is 0 Å². The molecule has 5 aromatic rings.